The number of thiophene rings is 1. The van der Waals surface area contributed by atoms with Gasteiger partial charge >= 0.3 is 0 Å². The van der Waals surface area contributed by atoms with E-state index < -0.39 is 0 Å². The van der Waals surface area contributed by atoms with Gasteiger partial charge in [0.2, 0.25) is 0 Å². The Morgan fingerprint density at radius 3 is 2.52 bits per heavy atom. The summed E-state index contributed by atoms with van der Waals surface area (Å²) in [5, 5.41) is 6.31. The summed E-state index contributed by atoms with van der Waals surface area (Å²) in [7, 11) is 0. The van der Waals surface area contributed by atoms with Gasteiger partial charge in [-0.25, -0.2) is 0 Å². The van der Waals surface area contributed by atoms with Gasteiger partial charge in [0, 0.05) is 16.8 Å². The molecule has 1 aliphatic rings. The van der Waals surface area contributed by atoms with E-state index in [0.29, 0.717) is 0 Å². The number of rotatable bonds is 3. The summed E-state index contributed by atoms with van der Waals surface area (Å²) >= 11 is 7.39. The van der Waals surface area contributed by atoms with Crippen LogP contribution in [0.25, 0.3) is 0 Å². The van der Waals surface area contributed by atoms with E-state index in [-0.39, 0.29) is 12.1 Å². The molecule has 2 atom stereocenters. The first-order valence-corrected chi connectivity index (χ1v) is 8.72. The van der Waals surface area contributed by atoms with E-state index in [9.17, 15) is 0 Å². The van der Waals surface area contributed by atoms with Crippen LogP contribution in [0.2, 0.25) is 0 Å². The Morgan fingerprint density at radius 2 is 1.83 bits per heavy atom. The third-order valence-electron chi connectivity index (χ3n) is 3.97. The highest BCUT2D eigenvalue weighted by molar-refractivity contribution is 7.80. The zero-order valence-electron chi connectivity index (χ0n) is 12.3. The predicted molar refractivity (Wildman–Crippen MR) is 98.7 cm³/mol. The average molecular weight is 337 g/mol. The van der Waals surface area contributed by atoms with Crippen LogP contribution in [-0.4, -0.2) is 10.1 Å². The van der Waals surface area contributed by atoms with Crippen molar-refractivity contribution in [3.8, 4) is 0 Å². The minimum Gasteiger partial charge on any atom is -0.351 e. The molecule has 0 unspecified atom stereocenters. The molecule has 1 fully saturated rings. The summed E-state index contributed by atoms with van der Waals surface area (Å²) in [5.41, 5.74) is 2.11. The molecule has 23 heavy (non-hydrogen) atoms. The van der Waals surface area contributed by atoms with Gasteiger partial charge in [0.15, 0.2) is 5.11 Å². The van der Waals surface area contributed by atoms with Crippen LogP contribution in [0, 0.1) is 0 Å². The number of hydrogen-bond donors (Lipinski definition) is 1. The Kier molecular flexibility index (Phi) is 3.81. The van der Waals surface area contributed by atoms with E-state index >= 15 is 0 Å². The molecule has 0 spiro atoms. The second-order valence-electron chi connectivity index (χ2n) is 5.35. The normalized spacial score (nSPS) is 20.5. The maximum absolute atomic E-state index is 5.64. The second kappa shape index (κ2) is 6.10. The Morgan fingerprint density at radius 1 is 1.00 bits per heavy atom. The summed E-state index contributed by atoms with van der Waals surface area (Å²) in [4.78, 5) is 8.01. The highest BCUT2D eigenvalue weighted by Crippen LogP contribution is 2.42. The highest BCUT2D eigenvalue weighted by Gasteiger charge is 2.40. The molecule has 4 rings (SSSR count). The number of pyridine rings is 1. The van der Waals surface area contributed by atoms with Crippen molar-refractivity contribution in [2.45, 2.75) is 12.1 Å². The molecule has 1 N–H and O–H groups in total. The van der Waals surface area contributed by atoms with Crippen LogP contribution in [0.4, 0.5) is 5.69 Å². The molecule has 3 nitrogen and oxygen atoms in total. The van der Waals surface area contributed by atoms with Crippen molar-refractivity contribution in [2.75, 3.05) is 4.90 Å². The maximum atomic E-state index is 5.64. The minimum absolute atomic E-state index is 0.0440. The Hall–Kier alpha value is -2.24. The Bertz CT molecular complexity index is 788. The topological polar surface area (TPSA) is 28.2 Å². The quantitative estimate of drug-likeness (QED) is 0.721. The maximum Gasteiger partial charge on any atom is 0.174 e. The number of hydrogen-bond acceptors (Lipinski definition) is 3. The number of aromatic nitrogens is 1. The largest absolute Gasteiger partial charge is 0.351 e. The van der Waals surface area contributed by atoms with Crippen LogP contribution in [0.1, 0.15) is 22.7 Å². The van der Waals surface area contributed by atoms with Crippen LogP contribution in [-0.2, 0) is 0 Å². The molecule has 2 aromatic heterocycles. The Balaban J connectivity index is 1.81. The van der Waals surface area contributed by atoms with Crippen molar-refractivity contribution in [3.05, 3.63) is 82.8 Å². The molecule has 5 heteroatoms. The van der Waals surface area contributed by atoms with Crippen molar-refractivity contribution in [3.63, 3.8) is 0 Å². The summed E-state index contributed by atoms with van der Waals surface area (Å²) in [5.74, 6) is 0. The first-order valence-electron chi connectivity index (χ1n) is 7.44. The van der Waals surface area contributed by atoms with E-state index in [4.69, 9.17) is 12.2 Å². The van der Waals surface area contributed by atoms with Crippen molar-refractivity contribution < 1.29 is 0 Å². The summed E-state index contributed by atoms with van der Waals surface area (Å²) < 4.78 is 0. The van der Waals surface area contributed by atoms with Crippen molar-refractivity contribution in [1.82, 2.24) is 10.3 Å². The number of para-hydroxylation sites is 1. The van der Waals surface area contributed by atoms with Gasteiger partial charge < -0.3 is 10.2 Å². The molecule has 114 valence electrons. The van der Waals surface area contributed by atoms with Crippen molar-refractivity contribution >= 4 is 34.4 Å². The molecule has 0 aliphatic carbocycles. The van der Waals surface area contributed by atoms with Crippen LogP contribution >= 0.6 is 23.6 Å². The van der Waals surface area contributed by atoms with Crippen molar-refractivity contribution in [2.24, 2.45) is 0 Å². The number of nitrogens with zero attached hydrogens (tertiary/aromatic N) is 2. The van der Waals surface area contributed by atoms with Gasteiger partial charge in [-0.1, -0.05) is 30.3 Å². The van der Waals surface area contributed by atoms with E-state index in [1.807, 2.05) is 36.5 Å². The molecule has 0 saturated carbocycles. The van der Waals surface area contributed by atoms with Gasteiger partial charge in [-0.3, -0.25) is 4.98 Å². The standard InChI is InChI=1S/C18H15N3S2/c22-18-20-16(14-9-4-5-11-19-14)17(15-10-6-12-23-15)21(18)13-7-2-1-3-8-13/h1-12,16-17H,(H,20,22)/t16-,17-/m0/s1. The number of anilines is 1. The SMILES string of the molecule is S=C1N[C@@H](c2ccccn2)[C@H](c2cccs2)N1c1ccccc1. The van der Waals surface area contributed by atoms with Gasteiger partial charge in [-0.15, -0.1) is 11.3 Å². The van der Waals surface area contributed by atoms with E-state index in [0.717, 1.165) is 16.5 Å². The molecule has 1 aromatic carbocycles. The summed E-state index contributed by atoms with van der Waals surface area (Å²) in [6.07, 6.45) is 1.83. The molecule has 3 aromatic rings. The fourth-order valence-electron chi connectivity index (χ4n) is 2.97. The van der Waals surface area contributed by atoms with Crippen LogP contribution in [0.5, 0.6) is 0 Å². The fourth-order valence-corrected chi connectivity index (χ4v) is 4.17. The molecule has 1 aliphatic heterocycles. The van der Waals surface area contributed by atoms with Gasteiger partial charge in [-0.2, -0.15) is 0 Å². The molecule has 0 bridgehead atoms. The van der Waals surface area contributed by atoms with Crippen LogP contribution < -0.4 is 10.2 Å². The number of benzene rings is 1. The minimum atomic E-state index is 0.0440. The van der Waals surface area contributed by atoms with Gasteiger partial charge in [0.05, 0.1) is 17.8 Å². The summed E-state index contributed by atoms with van der Waals surface area (Å²) in [6.45, 7) is 0. The lowest BCUT2D eigenvalue weighted by Crippen LogP contribution is -2.28. The zero-order chi connectivity index (χ0) is 15.6. The lowest BCUT2D eigenvalue weighted by Gasteiger charge is -2.26. The lowest BCUT2D eigenvalue weighted by molar-refractivity contribution is 0.575. The third kappa shape index (κ3) is 2.62. The second-order valence-corrected chi connectivity index (χ2v) is 6.71. The molecule has 1 saturated heterocycles. The van der Waals surface area contributed by atoms with E-state index in [1.165, 1.54) is 4.88 Å². The van der Waals surface area contributed by atoms with Gasteiger partial charge in [0.1, 0.15) is 0 Å². The average Bonchev–Trinajstić information content (AvgIpc) is 3.24. The molecular formula is C18H15N3S2. The molecule has 0 radical (unpaired) electrons. The van der Waals surface area contributed by atoms with Gasteiger partial charge in [0.25, 0.3) is 0 Å². The predicted octanol–water partition coefficient (Wildman–Crippen LogP) is 4.32. The highest BCUT2D eigenvalue weighted by atomic mass is 32.1. The van der Waals surface area contributed by atoms with Crippen molar-refractivity contribution in [1.29, 1.82) is 0 Å². The number of nitrogens with one attached hydrogen (secondary N) is 1. The third-order valence-corrected chi connectivity index (χ3v) is 5.22. The van der Waals surface area contributed by atoms with Crippen LogP contribution in [0.15, 0.2) is 72.2 Å². The monoisotopic (exact) mass is 337 g/mol. The van der Waals surface area contributed by atoms with E-state index in [1.54, 1.807) is 11.3 Å². The smallest absolute Gasteiger partial charge is 0.174 e. The first-order chi connectivity index (χ1) is 11.3. The van der Waals surface area contributed by atoms with E-state index in [2.05, 4.69) is 50.9 Å². The fraction of sp³-hybridized carbons (Fsp3) is 0.111. The zero-order valence-corrected chi connectivity index (χ0v) is 13.9. The number of thiocarbonyl (C=S) groups is 1. The van der Waals surface area contributed by atoms with Crippen LogP contribution in [0.3, 0.4) is 0 Å². The lowest BCUT2D eigenvalue weighted by atomic mass is 10.0. The molecular weight excluding hydrogens is 322 g/mol. The van der Waals surface area contributed by atoms with Gasteiger partial charge in [-0.05, 0) is 47.9 Å². The molecule has 3 heterocycles. The first kappa shape index (κ1) is 14.4. The summed E-state index contributed by atoms with van der Waals surface area (Å²) in [6, 6.07) is 20.7. The molecule has 0 amide bonds. The Labute approximate surface area is 144 Å².